The molecule has 1 fully saturated rings. The molecule has 2 heterocycles. The Morgan fingerprint density at radius 1 is 1.71 bits per heavy atom. The number of nitrogens with two attached hydrogens (primary N) is 1. The average molecular weight is 238 g/mol. The van der Waals surface area contributed by atoms with Gasteiger partial charge in [0.15, 0.2) is 0 Å². The highest BCUT2D eigenvalue weighted by molar-refractivity contribution is 5.79. The first-order chi connectivity index (χ1) is 8.05. The highest BCUT2D eigenvalue weighted by Gasteiger charge is 2.41. The minimum atomic E-state index is -1.09. The summed E-state index contributed by atoms with van der Waals surface area (Å²) < 4.78 is 2.05. The smallest absolute Gasteiger partial charge is 0.325 e. The fourth-order valence-electron chi connectivity index (χ4n) is 2.20. The topological polar surface area (TPSA) is 84.4 Å². The van der Waals surface area contributed by atoms with E-state index in [2.05, 4.69) is 16.5 Å². The maximum Gasteiger partial charge on any atom is 0.325 e. The Kier molecular flexibility index (Phi) is 3.17. The van der Waals surface area contributed by atoms with Crippen LogP contribution in [0.2, 0.25) is 0 Å². The molecule has 0 bridgehead atoms. The summed E-state index contributed by atoms with van der Waals surface area (Å²) in [5, 5.41) is 9.04. The lowest BCUT2D eigenvalue weighted by atomic mass is 10.0. The zero-order valence-electron chi connectivity index (χ0n) is 9.96. The molecule has 6 nitrogen and oxygen atoms in total. The molecule has 1 aromatic rings. The van der Waals surface area contributed by atoms with Gasteiger partial charge in [0.05, 0.1) is 6.54 Å². The monoisotopic (exact) mass is 238 g/mol. The van der Waals surface area contributed by atoms with E-state index in [0.717, 1.165) is 12.4 Å². The second-order valence-electron chi connectivity index (χ2n) is 4.55. The van der Waals surface area contributed by atoms with Crippen LogP contribution in [-0.4, -0.2) is 44.2 Å². The lowest BCUT2D eigenvalue weighted by Crippen LogP contribution is -2.50. The molecule has 17 heavy (non-hydrogen) atoms. The number of hydrogen-bond acceptors (Lipinski definition) is 4. The predicted octanol–water partition coefficient (Wildman–Crippen LogP) is -0.109. The van der Waals surface area contributed by atoms with Gasteiger partial charge in [-0.3, -0.25) is 9.69 Å². The van der Waals surface area contributed by atoms with E-state index in [1.54, 1.807) is 6.20 Å². The summed E-state index contributed by atoms with van der Waals surface area (Å²) in [6.45, 7) is 4.68. The largest absolute Gasteiger partial charge is 0.480 e. The maximum atomic E-state index is 11.0. The van der Waals surface area contributed by atoms with Crippen LogP contribution in [0.1, 0.15) is 19.2 Å². The van der Waals surface area contributed by atoms with Crippen LogP contribution in [0.3, 0.4) is 0 Å². The number of imidazole rings is 1. The molecule has 94 valence electrons. The number of aryl methyl sites for hydroxylation is 1. The van der Waals surface area contributed by atoms with Gasteiger partial charge in [-0.05, 0) is 13.3 Å². The van der Waals surface area contributed by atoms with Crippen LogP contribution in [-0.2, 0) is 17.9 Å². The highest BCUT2D eigenvalue weighted by atomic mass is 16.4. The van der Waals surface area contributed by atoms with Crippen molar-refractivity contribution in [2.24, 2.45) is 5.73 Å². The summed E-state index contributed by atoms with van der Waals surface area (Å²) in [5.41, 5.74) is 4.73. The van der Waals surface area contributed by atoms with E-state index in [1.807, 2.05) is 11.1 Å². The fourth-order valence-corrected chi connectivity index (χ4v) is 2.20. The van der Waals surface area contributed by atoms with Crippen molar-refractivity contribution in [2.45, 2.75) is 32.0 Å². The second-order valence-corrected chi connectivity index (χ2v) is 4.55. The molecule has 1 atom stereocenters. The third-order valence-corrected chi connectivity index (χ3v) is 3.31. The Bertz CT molecular complexity index is 417. The van der Waals surface area contributed by atoms with Gasteiger partial charge in [-0.1, -0.05) is 0 Å². The van der Waals surface area contributed by atoms with E-state index < -0.39 is 11.5 Å². The molecule has 6 heteroatoms. The standard InChI is InChI=1S/C11H18N4O2/c1-2-15-6-4-13-9(15)7-14-5-3-11(12,8-14)10(16)17/h4,6H,2-3,5,7-8,12H2,1H3,(H,16,17). The molecule has 0 aromatic carbocycles. The molecular weight excluding hydrogens is 220 g/mol. The van der Waals surface area contributed by atoms with Gasteiger partial charge in [-0.15, -0.1) is 0 Å². The number of likely N-dealkylation sites (tertiary alicyclic amines) is 1. The molecule has 3 N–H and O–H groups in total. The van der Waals surface area contributed by atoms with Gasteiger partial charge in [0.1, 0.15) is 11.4 Å². The number of carboxylic acids is 1. The first kappa shape index (κ1) is 12.1. The van der Waals surface area contributed by atoms with Gasteiger partial charge in [0, 0.05) is 32.0 Å². The third-order valence-electron chi connectivity index (χ3n) is 3.31. The van der Waals surface area contributed by atoms with Crippen molar-refractivity contribution in [3.63, 3.8) is 0 Å². The van der Waals surface area contributed by atoms with Gasteiger partial charge in [0.2, 0.25) is 0 Å². The van der Waals surface area contributed by atoms with Gasteiger partial charge in [0.25, 0.3) is 0 Å². The number of carbonyl (C=O) groups is 1. The lowest BCUT2D eigenvalue weighted by Gasteiger charge is -2.19. The Balaban J connectivity index is 2.01. The molecule has 1 unspecified atom stereocenters. The maximum absolute atomic E-state index is 11.0. The fraction of sp³-hybridized carbons (Fsp3) is 0.636. The summed E-state index contributed by atoms with van der Waals surface area (Å²) in [6, 6.07) is 0. The first-order valence-corrected chi connectivity index (χ1v) is 5.80. The zero-order chi connectivity index (χ0) is 12.5. The van der Waals surface area contributed by atoms with Crippen molar-refractivity contribution < 1.29 is 9.90 Å². The first-order valence-electron chi connectivity index (χ1n) is 5.80. The molecular formula is C11H18N4O2. The van der Waals surface area contributed by atoms with Gasteiger partial charge in [-0.25, -0.2) is 4.98 Å². The van der Waals surface area contributed by atoms with Crippen molar-refractivity contribution in [1.82, 2.24) is 14.5 Å². The third kappa shape index (κ3) is 2.32. The van der Waals surface area contributed by atoms with Crippen molar-refractivity contribution in [2.75, 3.05) is 13.1 Å². The predicted molar refractivity (Wildman–Crippen MR) is 62.3 cm³/mol. The van der Waals surface area contributed by atoms with Crippen LogP contribution in [0.15, 0.2) is 12.4 Å². The number of rotatable bonds is 4. The molecule has 2 rings (SSSR count). The molecule has 1 aromatic heterocycles. The van der Waals surface area contributed by atoms with E-state index in [4.69, 9.17) is 10.8 Å². The average Bonchev–Trinajstić information content (AvgIpc) is 2.87. The van der Waals surface area contributed by atoms with Crippen molar-refractivity contribution in [1.29, 1.82) is 0 Å². The quantitative estimate of drug-likeness (QED) is 0.764. The molecule has 0 radical (unpaired) electrons. The zero-order valence-corrected chi connectivity index (χ0v) is 9.96. The Morgan fingerprint density at radius 3 is 3.06 bits per heavy atom. The molecule has 1 aliphatic heterocycles. The minimum absolute atomic E-state index is 0.388. The van der Waals surface area contributed by atoms with Crippen molar-refractivity contribution >= 4 is 5.97 Å². The van der Waals surface area contributed by atoms with E-state index in [9.17, 15) is 4.79 Å². The molecule has 0 amide bonds. The number of aromatic nitrogens is 2. The van der Waals surface area contributed by atoms with Crippen LogP contribution in [0, 0.1) is 0 Å². The SMILES string of the molecule is CCn1ccnc1CN1CCC(N)(C(=O)O)C1. The summed E-state index contributed by atoms with van der Waals surface area (Å²) >= 11 is 0. The summed E-state index contributed by atoms with van der Waals surface area (Å²) in [5.74, 6) is 0.0426. The van der Waals surface area contributed by atoms with E-state index in [-0.39, 0.29) is 0 Å². The number of hydrogen-bond donors (Lipinski definition) is 2. The Labute approximate surface area is 100 Å². The molecule has 1 aliphatic rings. The Hall–Kier alpha value is -1.40. The van der Waals surface area contributed by atoms with Crippen molar-refractivity contribution in [3.05, 3.63) is 18.2 Å². The summed E-state index contributed by atoms with van der Waals surface area (Å²) in [7, 11) is 0. The molecule has 0 aliphatic carbocycles. The van der Waals surface area contributed by atoms with Crippen LogP contribution >= 0.6 is 0 Å². The molecule has 0 spiro atoms. The normalized spacial score (nSPS) is 25.3. The van der Waals surface area contributed by atoms with E-state index in [0.29, 0.717) is 26.1 Å². The van der Waals surface area contributed by atoms with Crippen molar-refractivity contribution in [3.8, 4) is 0 Å². The number of nitrogens with zero attached hydrogens (tertiary/aromatic N) is 3. The van der Waals surface area contributed by atoms with Crippen LogP contribution in [0.4, 0.5) is 0 Å². The Morgan fingerprint density at radius 2 is 2.47 bits per heavy atom. The second kappa shape index (κ2) is 4.46. The lowest BCUT2D eigenvalue weighted by molar-refractivity contribution is -0.142. The van der Waals surface area contributed by atoms with Gasteiger partial charge >= 0.3 is 5.97 Å². The van der Waals surface area contributed by atoms with Gasteiger partial charge < -0.3 is 15.4 Å². The molecule has 0 saturated carbocycles. The minimum Gasteiger partial charge on any atom is -0.480 e. The van der Waals surface area contributed by atoms with Crippen LogP contribution in [0.5, 0.6) is 0 Å². The number of carboxylic acid groups (broad SMARTS) is 1. The van der Waals surface area contributed by atoms with Gasteiger partial charge in [-0.2, -0.15) is 0 Å². The van der Waals surface area contributed by atoms with E-state index in [1.165, 1.54) is 0 Å². The number of aliphatic carboxylic acids is 1. The summed E-state index contributed by atoms with van der Waals surface area (Å²) in [6.07, 6.45) is 4.19. The summed E-state index contributed by atoms with van der Waals surface area (Å²) in [4.78, 5) is 17.3. The van der Waals surface area contributed by atoms with Crippen LogP contribution < -0.4 is 5.73 Å². The molecule has 1 saturated heterocycles. The van der Waals surface area contributed by atoms with Crippen LogP contribution in [0.25, 0.3) is 0 Å². The highest BCUT2D eigenvalue weighted by Crippen LogP contribution is 2.20. The van der Waals surface area contributed by atoms with E-state index >= 15 is 0 Å².